The maximum absolute atomic E-state index is 13.0. The van der Waals surface area contributed by atoms with E-state index in [1.807, 2.05) is 48.5 Å². The van der Waals surface area contributed by atoms with Crippen molar-refractivity contribution < 1.29 is 37.4 Å². The van der Waals surface area contributed by atoms with Crippen LogP contribution in [0.3, 0.4) is 0 Å². The van der Waals surface area contributed by atoms with E-state index in [0.717, 1.165) is 22.3 Å². The fraction of sp³-hybridized carbons (Fsp3) is 0.400. The number of hydrogen-bond acceptors (Lipinski definition) is 4. The molecule has 0 aliphatic heterocycles. The SMILES string of the molecule is CC(C)[C@H](CC(=O)NC(CC(=O)O)C(F)(F)F)NC(=O)OCC1c2ccccc2-c2ccccc21. The molecule has 1 aliphatic rings. The molecular weight excluding hydrogens is 465 g/mol. The Hall–Kier alpha value is -3.56. The lowest BCUT2D eigenvalue weighted by Gasteiger charge is -2.25. The summed E-state index contributed by atoms with van der Waals surface area (Å²) in [5.74, 6) is -3.18. The highest BCUT2D eigenvalue weighted by atomic mass is 19.4. The molecule has 188 valence electrons. The summed E-state index contributed by atoms with van der Waals surface area (Å²) in [7, 11) is 0. The fourth-order valence-corrected chi connectivity index (χ4v) is 4.12. The average molecular weight is 492 g/mol. The van der Waals surface area contributed by atoms with Gasteiger partial charge in [0.25, 0.3) is 0 Å². The van der Waals surface area contributed by atoms with Crippen molar-refractivity contribution in [2.75, 3.05) is 6.61 Å². The molecule has 1 unspecified atom stereocenters. The fourth-order valence-electron chi connectivity index (χ4n) is 4.12. The van der Waals surface area contributed by atoms with E-state index in [4.69, 9.17) is 9.84 Å². The molecule has 0 fully saturated rings. The van der Waals surface area contributed by atoms with Crippen LogP contribution in [0.5, 0.6) is 0 Å². The highest BCUT2D eigenvalue weighted by molar-refractivity contribution is 5.80. The van der Waals surface area contributed by atoms with Crippen LogP contribution in [0.15, 0.2) is 48.5 Å². The number of carbonyl (C=O) groups is 3. The number of halogens is 3. The van der Waals surface area contributed by atoms with Crippen molar-refractivity contribution >= 4 is 18.0 Å². The van der Waals surface area contributed by atoms with E-state index in [9.17, 15) is 27.6 Å². The molecule has 0 saturated heterocycles. The first-order chi connectivity index (χ1) is 16.5. The van der Waals surface area contributed by atoms with Gasteiger partial charge in [0, 0.05) is 18.4 Å². The second-order valence-electron chi connectivity index (χ2n) is 8.78. The van der Waals surface area contributed by atoms with Crippen LogP contribution in [-0.4, -0.2) is 47.9 Å². The predicted molar refractivity (Wildman–Crippen MR) is 122 cm³/mol. The third-order valence-electron chi connectivity index (χ3n) is 5.97. The Labute approximate surface area is 200 Å². The lowest BCUT2D eigenvalue weighted by atomic mass is 9.98. The number of fused-ring (bicyclic) bond motifs is 3. The molecule has 0 radical (unpaired) electrons. The van der Waals surface area contributed by atoms with Crippen LogP contribution in [0.25, 0.3) is 11.1 Å². The van der Waals surface area contributed by atoms with Gasteiger partial charge in [-0.3, -0.25) is 9.59 Å². The molecule has 3 N–H and O–H groups in total. The minimum Gasteiger partial charge on any atom is -0.481 e. The zero-order valence-electron chi connectivity index (χ0n) is 19.3. The Morgan fingerprint density at radius 1 is 0.943 bits per heavy atom. The number of rotatable bonds is 9. The Morgan fingerprint density at radius 3 is 1.97 bits per heavy atom. The summed E-state index contributed by atoms with van der Waals surface area (Å²) in [6, 6.07) is 12.3. The lowest BCUT2D eigenvalue weighted by Crippen LogP contribution is -2.49. The molecule has 2 atom stereocenters. The Balaban J connectivity index is 1.61. The van der Waals surface area contributed by atoms with Crippen LogP contribution in [-0.2, 0) is 14.3 Å². The third-order valence-corrected chi connectivity index (χ3v) is 5.97. The van der Waals surface area contributed by atoms with E-state index in [1.54, 1.807) is 19.2 Å². The van der Waals surface area contributed by atoms with Gasteiger partial charge in [0.2, 0.25) is 5.91 Å². The van der Waals surface area contributed by atoms with E-state index >= 15 is 0 Å². The molecule has 0 saturated carbocycles. The van der Waals surface area contributed by atoms with Crippen LogP contribution < -0.4 is 10.6 Å². The van der Waals surface area contributed by atoms with Crippen molar-refractivity contribution in [2.24, 2.45) is 5.92 Å². The van der Waals surface area contributed by atoms with Gasteiger partial charge >= 0.3 is 18.2 Å². The van der Waals surface area contributed by atoms with Gasteiger partial charge in [-0.15, -0.1) is 0 Å². The summed E-state index contributed by atoms with van der Waals surface area (Å²) in [6.07, 6.45) is -7.46. The number of ether oxygens (including phenoxy) is 1. The van der Waals surface area contributed by atoms with Gasteiger partial charge in [0.05, 0.1) is 6.42 Å². The number of carboxylic acid groups (broad SMARTS) is 1. The number of alkyl halides is 3. The van der Waals surface area contributed by atoms with Gasteiger partial charge < -0.3 is 20.5 Å². The molecule has 10 heteroatoms. The second kappa shape index (κ2) is 10.8. The van der Waals surface area contributed by atoms with Gasteiger partial charge in [0.15, 0.2) is 0 Å². The molecule has 2 aromatic carbocycles. The summed E-state index contributed by atoms with van der Waals surface area (Å²) in [6.45, 7) is 3.44. The standard InChI is InChI=1S/C25H27F3N2O5/c1-14(2)20(11-22(31)30-21(12-23(32)33)25(26,27)28)29-24(34)35-13-19-17-9-5-3-7-15(17)16-8-4-6-10-18(16)19/h3-10,14,19-21H,11-13H2,1-2H3,(H,29,34)(H,30,31)(H,32,33)/t20-,21?/m0/s1. The van der Waals surface area contributed by atoms with Gasteiger partial charge in [-0.25, -0.2) is 4.79 Å². The third kappa shape index (κ3) is 6.52. The Kier molecular flexibility index (Phi) is 8.03. The molecule has 3 rings (SSSR count). The summed E-state index contributed by atoms with van der Waals surface area (Å²) in [5, 5.41) is 13.0. The monoisotopic (exact) mass is 492 g/mol. The minimum absolute atomic E-state index is 0.0473. The van der Waals surface area contributed by atoms with E-state index in [-0.39, 0.29) is 18.4 Å². The van der Waals surface area contributed by atoms with Crippen molar-refractivity contribution in [3.63, 3.8) is 0 Å². The summed E-state index contributed by atoms with van der Waals surface area (Å²) in [4.78, 5) is 35.5. The van der Waals surface area contributed by atoms with Crippen LogP contribution in [0.4, 0.5) is 18.0 Å². The summed E-state index contributed by atoms with van der Waals surface area (Å²) < 4.78 is 44.6. The molecule has 0 spiro atoms. The molecule has 0 bridgehead atoms. The highest BCUT2D eigenvalue weighted by Crippen LogP contribution is 2.44. The molecule has 1 aliphatic carbocycles. The first-order valence-electron chi connectivity index (χ1n) is 11.2. The van der Waals surface area contributed by atoms with E-state index in [2.05, 4.69) is 5.32 Å². The van der Waals surface area contributed by atoms with Gasteiger partial charge in [-0.1, -0.05) is 62.4 Å². The minimum atomic E-state index is -4.92. The maximum atomic E-state index is 13.0. The van der Waals surface area contributed by atoms with Crippen LogP contribution in [0.2, 0.25) is 0 Å². The number of amides is 2. The van der Waals surface area contributed by atoms with Gasteiger partial charge in [-0.05, 0) is 28.2 Å². The lowest BCUT2D eigenvalue weighted by molar-refractivity contribution is -0.170. The van der Waals surface area contributed by atoms with Gasteiger partial charge in [-0.2, -0.15) is 13.2 Å². The first kappa shape index (κ1) is 26.1. The Bertz CT molecular complexity index is 1040. The summed E-state index contributed by atoms with van der Waals surface area (Å²) in [5.41, 5.74) is 4.18. The van der Waals surface area contributed by atoms with E-state index in [0.29, 0.717) is 0 Å². The normalized spacial score (nSPS) is 14.6. The molecule has 35 heavy (non-hydrogen) atoms. The smallest absolute Gasteiger partial charge is 0.409 e. The van der Waals surface area contributed by atoms with Crippen molar-refractivity contribution in [1.82, 2.24) is 10.6 Å². The first-order valence-corrected chi connectivity index (χ1v) is 11.2. The highest BCUT2D eigenvalue weighted by Gasteiger charge is 2.42. The number of benzene rings is 2. The van der Waals surface area contributed by atoms with Crippen LogP contribution in [0, 0.1) is 5.92 Å². The van der Waals surface area contributed by atoms with Gasteiger partial charge in [0.1, 0.15) is 12.6 Å². The topological polar surface area (TPSA) is 105 Å². The average Bonchev–Trinajstić information content (AvgIpc) is 3.09. The van der Waals surface area contributed by atoms with Crippen molar-refractivity contribution in [3.05, 3.63) is 59.7 Å². The van der Waals surface area contributed by atoms with Crippen LogP contribution in [0.1, 0.15) is 43.7 Å². The maximum Gasteiger partial charge on any atom is 0.409 e. The zero-order chi connectivity index (χ0) is 25.8. The van der Waals surface area contributed by atoms with Crippen LogP contribution >= 0.6 is 0 Å². The summed E-state index contributed by atoms with van der Waals surface area (Å²) >= 11 is 0. The molecular formula is C25H27F3N2O5. The number of aliphatic carboxylic acids is 1. The molecule has 0 heterocycles. The van der Waals surface area contributed by atoms with Crippen molar-refractivity contribution in [1.29, 1.82) is 0 Å². The second-order valence-corrected chi connectivity index (χ2v) is 8.78. The van der Waals surface area contributed by atoms with E-state index < -0.39 is 49.1 Å². The van der Waals surface area contributed by atoms with E-state index in [1.165, 1.54) is 0 Å². The zero-order valence-corrected chi connectivity index (χ0v) is 19.3. The quantitative estimate of drug-likeness (QED) is 0.479. The molecule has 2 amide bonds. The van der Waals surface area contributed by atoms with Crippen molar-refractivity contribution in [2.45, 2.75) is 50.9 Å². The number of nitrogens with one attached hydrogen (secondary N) is 2. The molecule has 2 aromatic rings. The molecule has 0 aromatic heterocycles. The number of alkyl carbamates (subject to hydrolysis) is 1. The van der Waals surface area contributed by atoms with Crippen molar-refractivity contribution in [3.8, 4) is 11.1 Å². The number of carboxylic acids is 1. The predicted octanol–water partition coefficient (Wildman–Crippen LogP) is 4.46. The number of carbonyl (C=O) groups excluding carboxylic acids is 2. The number of hydrogen-bond donors (Lipinski definition) is 3. The largest absolute Gasteiger partial charge is 0.481 e. The molecule has 7 nitrogen and oxygen atoms in total. The Morgan fingerprint density at radius 2 is 1.49 bits per heavy atom.